The van der Waals surface area contributed by atoms with E-state index >= 15 is 0 Å². The molecule has 3 aromatic rings. The normalized spacial score (nSPS) is 10.7. The molecule has 3 rings (SSSR count). The van der Waals surface area contributed by atoms with Crippen molar-refractivity contribution in [1.29, 1.82) is 0 Å². The topological polar surface area (TPSA) is 39.4 Å². The minimum atomic E-state index is -0.0419. The minimum Gasteiger partial charge on any atom is -0.493 e. The highest BCUT2D eigenvalue weighted by molar-refractivity contribution is 5.97. The molecule has 1 aromatic heterocycles. The van der Waals surface area contributed by atoms with E-state index in [0.29, 0.717) is 18.8 Å². The number of carbonyl (C=O) groups is 1. The molecule has 1 heterocycles. The molecule has 0 saturated heterocycles. The minimum absolute atomic E-state index is 0.0419. The Morgan fingerprint density at radius 3 is 2.71 bits per heavy atom. The second-order valence-corrected chi connectivity index (χ2v) is 4.99. The SMILES string of the molecule is Cc1ccc2oc(C(=O)CCOc3ccccc3)cc2c1. The molecule has 2 aromatic carbocycles. The number of aryl methyl sites for hydroxylation is 1. The highest BCUT2D eigenvalue weighted by Gasteiger charge is 2.12. The molecule has 0 bridgehead atoms. The van der Waals surface area contributed by atoms with Crippen LogP contribution >= 0.6 is 0 Å². The third kappa shape index (κ3) is 3.14. The van der Waals surface area contributed by atoms with Gasteiger partial charge in [-0.25, -0.2) is 0 Å². The highest BCUT2D eigenvalue weighted by Crippen LogP contribution is 2.21. The van der Waals surface area contributed by atoms with Crippen LogP contribution in [0.5, 0.6) is 5.75 Å². The van der Waals surface area contributed by atoms with Crippen LogP contribution in [0.15, 0.2) is 59.0 Å². The third-order valence-electron chi connectivity index (χ3n) is 3.29. The van der Waals surface area contributed by atoms with Crippen molar-refractivity contribution in [3.63, 3.8) is 0 Å². The van der Waals surface area contributed by atoms with Gasteiger partial charge in [-0.3, -0.25) is 4.79 Å². The van der Waals surface area contributed by atoms with Gasteiger partial charge in [0.2, 0.25) is 5.78 Å². The molecular formula is C18H16O3. The molecule has 0 amide bonds. The highest BCUT2D eigenvalue weighted by atomic mass is 16.5. The number of Topliss-reactive ketones (excluding diaryl/α,β-unsaturated/α-hetero) is 1. The number of benzene rings is 2. The zero-order valence-corrected chi connectivity index (χ0v) is 11.8. The van der Waals surface area contributed by atoms with Crippen LogP contribution in [0, 0.1) is 6.92 Å². The Morgan fingerprint density at radius 1 is 1.10 bits per heavy atom. The Hall–Kier alpha value is -2.55. The van der Waals surface area contributed by atoms with Gasteiger partial charge in [0.05, 0.1) is 6.61 Å². The number of furan rings is 1. The van der Waals surface area contributed by atoms with Gasteiger partial charge in [-0.15, -0.1) is 0 Å². The van der Waals surface area contributed by atoms with E-state index in [-0.39, 0.29) is 5.78 Å². The molecule has 3 heteroatoms. The molecule has 0 aliphatic carbocycles. The summed E-state index contributed by atoms with van der Waals surface area (Å²) in [6, 6.07) is 17.1. The van der Waals surface area contributed by atoms with E-state index in [9.17, 15) is 4.79 Å². The maximum atomic E-state index is 12.1. The van der Waals surface area contributed by atoms with E-state index in [1.807, 2.05) is 55.5 Å². The Labute approximate surface area is 123 Å². The molecule has 0 radical (unpaired) electrons. The molecule has 0 N–H and O–H groups in total. The van der Waals surface area contributed by atoms with Crippen LogP contribution in [-0.4, -0.2) is 12.4 Å². The molecule has 21 heavy (non-hydrogen) atoms. The number of rotatable bonds is 5. The maximum absolute atomic E-state index is 12.1. The summed E-state index contributed by atoms with van der Waals surface area (Å²) < 4.78 is 11.1. The quantitative estimate of drug-likeness (QED) is 0.650. The monoisotopic (exact) mass is 280 g/mol. The largest absolute Gasteiger partial charge is 0.493 e. The number of ketones is 1. The van der Waals surface area contributed by atoms with Crippen molar-refractivity contribution in [2.45, 2.75) is 13.3 Å². The summed E-state index contributed by atoms with van der Waals surface area (Å²) in [6.07, 6.45) is 0.299. The fourth-order valence-corrected chi connectivity index (χ4v) is 2.20. The number of hydrogen-bond acceptors (Lipinski definition) is 3. The molecule has 0 saturated carbocycles. The van der Waals surface area contributed by atoms with Crippen LogP contribution in [0.4, 0.5) is 0 Å². The van der Waals surface area contributed by atoms with Gasteiger partial charge in [-0.05, 0) is 37.3 Å². The van der Waals surface area contributed by atoms with Gasteiger partial charge < -0.3 is 9.15 Å². The van der Waals surface area contributed by atoms with Crippen LogP contribution in [0.1, 0.15) is 22.5 Å². The average Bonchev–Trinajstić information content (AvgIpc) is 2.91. The molecule has 0 atom stereocenters. The van der Waals surface area contributed by atoms with Crippen molar-refractivity contribution in [2.24, 2.45) is 0 Å². The first kappa shape index (κ1) is 13.4. The van der Waals surface area contributed by atoms with Crippen molar-refractivity contribution < 1.29 is 13.9 Å². The summed E-state index contributed by atoms with van der Waals surface area (Å²) in [5.41, 5.74) is 1.89. The van der Waals surface area contributed by atoms with Gasteiger partial charge in [0.1, 0.15) is 11.3 Å². The van der Waals surface area contributed by atoms with E-state index in [1.54, 1.807) is 6.07 Å². The fourth-order valence-electron chi connectivity index (χ4n) is 2.20. The maximum Gasteiger partial charge on any atom is 0.201 e. The molecule has 0 aliphatic heterocycles. The number of hydrogen-bond donors (Lipinski definition) is 0. The van der Waals surface area contributed by atoms with Gasteiger partial charge >= 0.3 is 0 Å². The molecule has 106 valence electrons. The summed E-state index contributed by atoms with van der Waals surface area (Å²) in [5, 5.41) is 0.960. The van der Waals surface area contributed by atoms with E-state index in [1.165, 1.54) is 0 Å². The first-order valence-corrected chi connectivity index (χ1v) is 6.93. The molecule has 0 spiro atoms. The van der Waals surface area contributed by atoms with E-state index in [0.717, 1.165) is 22.3 Å². The molecular weight excluding hydrogens is 264 g/mol. The van der Waals surface area contributed by atoms with Crippen LogP contribution < -0.4 is 4.74 Å². The number of para-hydroxylation sites is 1. The Balaban J connectivity index is 1.64. The third-order valence-corrected chi connectivity index (χ3v) is 3.29. The van der Waals surface area contributed by atoms with E-state index in [4.69, 9.17) is 9.15 Å². The summed E-state index contributed by atoms with van der Waals surface area (Å²) >= 11 is 0. The van der Waals surface area contributed by atoms with Gasteiger partial charge in [0, 0.05) is 11.8 Å². The average molecular weight is 280 g/mol. The second-order valence-electron chi connectivity index (χ2n) is 4.99. The van der Waals surface area contributed by atoms with Crippen molar-refractivity contribution in [2.75, 3.05) is 6.61 Å². The predicted octanol–water partition coefficient (Wildman–Crippen LogP) is 4.39. The molecule has 3 nitrogen and oxygen atoms in total. The van der Waals surface area contributed by atoms with Gasteiger partial charge in [-0.2, -0.15) is 0 Å². The van der Waals surface area contributed by atoms with Gasteiger partial charge in [0.15, 0.2) is 5.76 Å². The van der Waals surface area contributed by atoms with Crippen molar-refractivity contribution in [3.05, 3.63) is 65.9 Å². The molecule has 0 fully saturated rings. The Morgan fingerprint density at radius 2 is 1.90 bits per heavy atom. The molecule has 0 unspecified atom stereocenters. The lowest BCUT2D eigenvalue weighted by molar-refractivity contribution is 0.0937. The van der Waals surface area contributed by atoms with Crippen LogP contribution in [0.25, 0.3) is 11.0 Å². The fraction of sp³-hybridized carbons (Fsp3) is 0.167. The number of fused-ring (bicyclic) bond motifs is 1. The lowest BCUT2D eigenvalue weighted by Crippen LogP contribution is -2.05. The summed E-state index contributed by atoms with van der Waals surface area (Å²) in [6.45, 7) is 2.36. The summed E-state index contributed by atoms with van der Waals surface area (Å²) in [4.78, 5) is 12.1. The smallest absolute Gasteiger partial charge is 0.201 e. The first-order chi connectivity index (χ1) is 10.2. The molecule has 0 aliphatic rings. The Bertz CT molecular complexity index is 756. The zero-order chi connectivity index (χ0) is 14.7. The lowest BCUT2D eigenvalue weighted by Gasteiger charge is -2.03. The Kier molecular flexibility index (Phi) is 3.73. The van der Waals surface area contributed by atoms with Crippen LogP contribution in [0.2, 0.25) is 0 Å². The summed E-state index contributed by atoms with van der Waals surface area (Å²) in [7, 11) is 0. The van der Waals surface area contributed by atoms with Crippen molar-refractivity contribution >= 4 is 16.8 Å². The van der Waals surface area contributed by atoms with Crippen LogP contribution in [0.3, 0.4) is 0 Å². The summed E-state index contributed by atoms with van der Waals surface area (Å²) in [5.74, 6) is 1.12. The van der Waals surface area contributed by atoms with E-state index < -0.39 is 0 Å². The van der Waals surface area contributed by atoms with Crippen LogP contribution in [-0.2, 0) is 0 Å². The second kappa shape index (κ2) is 5.83. The van der Waals surface area contributed by atoms with Gasteiger partial charge in [-0.1, -0.05) is 29.8 Å². The predicted molar refractivity (Wildman–Crippen MR) is 81.8 cm³/mol. The van der Waals surface area contributed by atoms with Gasteiger partial charge in [0.25, 0.3) is 0 Å². The zero-order valence-electron chi connectivity index (χ0n) is 11.8. The first-order valence-electron chi connectivity index (χ1n) is 6.93. The number of carbonyl (C=O) groups excluding carboxylic acids is 1. The van der Waals surface area contributed by atoms with Crippen molar-refractivity contribution in [3.8, 4) is 5.75 Å². The van der Waals surface area contributed by atoms with E-state index in [2.05, 4.69) is 0 Å². The standard InChI is InChI=1S/C18H16O3/c1-13-7-8-17-14(11-13)12-18(21-17)16(19)9-10-20-15-5-3-2-4-6-15/h2-8,11-12H,9-10H2,1H3. The lowest BCUT2D eigenvalue weighted by atomic mass is 10.1. The van der Waals surface area contributed by atoms with Crippen molar-refractivity contribution in [1.82, 2.24) is 0 Å². The number of ether oxygens (including phenoxy) is 1.